The third-order valence-corrected chi connectivity index (χ3v) is 6.37. The zero-order chi connectivity index (χ0) is 18.4. The highest BCUT2D eigenvalue weighted by Gasteiger charge is 2.24. The number of carbonyl (C=O) groups is 1. The summed E-state index contributed by atoms with van der Waals surface area (Å²) < 4.78 is 31.8. The number of amides is 1. The predicted octanol–water partition coefficient (Wildman–Crippen LogP) is 1.30. The van der Waals surface area contributed by atoms with Crippen molar-refractivity contribution < 1.29 is 17.9 Å². The topological polar surface area (TPSA) is 87.7 Å². The van der Waals surface area contributed by atoms with Crippen LogP contribution >= 0.6 is 12.4 Å². The number of hydrogen-bond acceptors (Lipinski definition) is 5. The minimum absolute atomic E-state index is 0. The Morgan fingerprint density at radius 2 is 1.92 bits per heavy atom. The van der Waals surface area contributed by atoms with Crippen LogP contribution < -0.4 is 10.6 Å². The normalized spacial score (nSPS) is 18.8. The summed E-state index contributed by atoms with van der Waals surface area (Å²) in [5, 5.41) is 6.02. The number of nitrogens with zero attached hydrogens (tertiary/aromatic N) is 1. The molecule has 2 N–H and O–H groups in total. The summed E-state index contributed by atoms with van der Waals surface area (Å²) in [4.78, 5) is 12.5. The van der Waals surface area contributed by atoms with Crippen LogP contribution in [-0.4, -0.2) is 57.5 Å². The summed E-state index contributed by atoms with van der Waals surface area (Å²) in [5.41, 5.74) is 0.843. The van der Waals surface area contributed by atoms with Crippen molar-refractivity contribution in [2.75, 3.05) is 32.8 Å². The molecule has 0 aromatic heterocycles. The molecule has 1 heterocycles. The Hall–Kier alpha value is -1.19. The van der Waals surface area contributed by atoms with E-state index in [9.17, 15) is 13.2 Å². The second-order valence-corrected chi connectivity index (χ2v) is 7.89. The molecule has 1 aromatic carbocycles. The monoisotopic (exact) mass is 405 g/mol. The fraction of sp³-hybridized carbons (Fsp3) is 0.588. The van der Waals surface area contributed by atoms with Crippen LogP contribution in [-0.2, 0) is 19.6 Å². The van der Waals surface area contributed by atoms with Gasteiger partial charge in [0.05, 0.1) is 17.5 Å². The van der Waals surface area contributed by atoms with Crippen molar-refractivity contribution in [2.24, 2.45) is 0 Å². The average molecular weight is 406 g/mol. The highest BCUT2D eigenvalue weighted by Crippen LogP contribution is 2.19. The van der Waals surface area contributed by atoms with Gasteiger partial charge in [-0.3, -0.25) is 4.79 Å². The number of rotatable bonds is 7. The summed E-state index contributed by atoms with van der Waals surface area (Å²) in [5.74, 6) is -0.167. The molecule has 1 fully saturated rings. The molecule has 148 valence electrons. The van der Waals surface area contributed by atoms with Gasteiger partial charge in [-0.25, -0.2) is 8.42 Å². The number of sulfonamides is 1. The lowest BCUT2D eigenvalue weighted by atomic mass is 10.1. The smallest absolute Gasteiger partial charge is 0.250 e. The Balaban J connectivity index is 0.00000338. The van der Waals surface area contributed by atoms with Crippen LogP contribution in [0.15, 0.2) is 29.2 Å². The Bertz CT molecular complexity index is 672. The van der Waals surface area contributed by atoms with Crippen molar-refractivity contribution in [3.63, 3.8) is 0 Å². The molecule has 0 saturated carbocycles. The predicted molar refractivity (Wildman–Crippen MR) is 103 cm³/mol. The van der Waals surface area contributed by atoms with E-state index in [1.54, 1.807) is 24.3 Å². The van der Waals surface area contributed by atoms with Crippen LogP contribution in [0.2, 0.25) is 0 Å². The molecular weight excluding hydrogens is 378 g/mol. The second kappa shape index (κ2) is 10.2. The summed E-state index contributed by atoms with van der Waals surface area (Å²) >= 11 is 0. The first kappa shape index (κ1) is 22.9. The van der Waals surface area contributed by atoms with E-state index in [4.69, 9.17) is 4.74 Å². The van der Waals surface area contributed by atoms with Crippen LogP contribution in [0.3, 0.4) is 0 Å². The SMILES string of the molecule is CCN(CC)S(=O)(=O)c1ccc(C(C)NC(=O)C2CNCCO2)cc1.Cl. The lowest BCUT2D eigenvalue weighted by Crippen LogP contribution is -2.48. The van der Waals surface area contributed by atoms with Crippen LogP contribution in [0.5, 0.6) is 0 Å². The van der Waals surface area contributed by atoms with Gasteiger partial charge in [0, 0.05) is 26.2 Å². The van der Waals surface area contributed by atoms with Crippen molar-refractivity contribution in [3.8, 4) is 0 Å². The van der Waals surface area contributed by atoms with Crippen LogP contribution in [0.1, 0.15) is 32.4 Å². The molecule has 7 nitrogen and oxygen atoms in total. The number of ether oxygens (including phenoxy) is 1. The van der Waals surface area contributed by atoms with E-state index in [1.807, 2.05) is 20.8 Å². The van der Waals surface area contributed by atoms with Crippen LogP contribution in [0, 0.1) is 0 Å². The number of nitrogens with one attached hydrogen (secondary N) is 2. The number of benzene rings is 1. The molecule has 1 aromatic rings. The quantitative estimate of drug-likeness (QED) is 0.714. The first-order valence-corrected chi connectivity index (χ1v) is 10.1. The molecule has 2 atom stereocenters. The van der Waals surface area contributed by atoms with Crippen molar-refractivity contribution in [1.29, 1.82) is 0 Å². The molecule has 2 rings (SSSR count). The first-order valence-electron chi connectivity index (χ1n) is 8.63. The largest absolute Gasteiger partial charge is 0.366 e. The Morgan fingerprint density at radius 1 is 1.31 bits per heavy atom. The van der Waals surface area contributed by atoms with Crippen LogP contribution in [0.25, 0.3) is 0 Å². The van der Waals surface area contributed by atoms with Crippen molar-refractivity contribution in [3.05, 3.63) is 29.8 Å². The molecule has 26 heavy (non-hydrogen) atoms. The van der Waals surface area contributed by atoms with Gasteiger partial charge in [0.2, 0.25) is 10.0 Å². The summed E-state index contributed by atoms with van der Waals surface area (Å²) in [7, 11) is -3.47. The molecule has 1 aliphatic rings. The van der Waals surface area contributed by atoms with Gasteiger partial charge in [-0.05, 0) is 24.6 Å². The maximum absolute atomic E-state index is 12.5. The fourth-order valence-corrected chi connectivity index (χ4v) is 4.22. The lowest BCUT2D eigenvalue weighted by molar-refractivity contribution is -0.134. The maximum atomic E-state index is 12.5. The van der Waals surface area contributed by atoms with Crippen LogP contribution in [0.4, 0.5) is 0 Å². The molecule has 2 unspecified atom stereocenters. The molecular formula is C17H28ClN3O4S. The third kappa shape index (κ3) is 5.40. The Labute approximate surface area is 161 Å². The zero-order valence-electron chi connectivity index (χ0n) is 15.4. The second-order valence-electron chi connectivity index (χ2n) is 5.95. The lowest BCUT2D eigenvalue weighted by Gasteiger charge is -2.25. The number of carbonyl (C=O) groups excluding carboxylic acids is 1. The van der Waals surface area contributed by atoms with Crippen molar-refractivity contribution >= 4 is 28.3 Å². The Kier molecular flexibility index (Phi) is 8.99. The van der Waals surface area contributed by atoms with E-state index in [2.05, 4.69) is 10.6 Å². The molecule has 9 heteroatoms. The number of halogens is 1. The number of hydrogen-bond donors (Lipinski definition) is 2. The molecule has 1 amide bonds. The summed E-state index contributed by atoms with van der Waals surface area (Å²) in [6.45, 7) is 8.13. The highest BCUT2D eigenvalue weighted by molar-refractivity contribution is 7.89. The van der Waals surface area contributed by atoms with Gasteiger partial charge in [-0.15, -0.1) is 12.4 Å². The van der Waals surface area contributed by atoms with Gasteiger partial charge in [0.25, 0.3) is 5.91 Å². The maximum Gasteiger partial charge on any atom is 0.250 e. The zero-order valence-corrected chi connectivity index (χ0v) is 17.0. The van der Waals surface area contributed by atoms with Crippen molar-refractivity contribution in [2.45, 2.75) is 37.8 Å². The molecule has 0 spiro atoms. The average Bonchev–Trinajstić information content (AvgIpc) is 2.63. The van der Waals surface area contributed by atoms with E-state index in [0.29, 0.717) is 26.2 Å². The Morgan fingerprint density at radius 3 is 2.42 bits per heavy atom. The standard InChI is InChI=1S/C17H27N3O4S.ClH/c1-4-20(5-2)25(22,23)15-8-6-14(7-9-15)13(3)19-17(21)16-12-18-10-11-24-16;/h6-9,13,16,18H,4-5,10-12H2,1-3H3,(H,19,21);1H. The van der Waals surface area contributed by atoms with E-state index in [-0.39, 0.29) is 29.3 Å². The third-order valence-electron chi connectivity index (χ3n) is 4.30. The van der Waals surface area contributed by atoms with E-state index < -0.39 is 16.1 Å². The van der Waals surface area contributed by atoms with E-state index in [1.165, 1.54) is 4.31 Å². The summed E-state index contributed by atoms with van der Waals surface area (Å²) in [6, 6.07) is 6.42. The fourth-order valence-electron chi connectivity index (χ4n) is 2.76. The molecule has 0 radical (unpaired) electrons. The van der Waals surface area contributed by atoms with Crippen molar-refractivity contribution in [1.82, 2.24) is 14.9 Å². The summed E-state index contributed by atoms with van der Waals surface area (Å²) in [6.07, 6.45) is -0.487. The van der Waals surface area contributed by atoms with Gasteiger partial charge in [0.15, 0.2) is 0 Å². The minimum atomic E-state index is -3.47. The number of morpholine rings is 1. The van der Waals surface area contributed by atoms with Gasteiger partial charge >= 0.3 is 0 Å². The molecule has 0 aliphatic carbocycles. The van der Waals surface area contributed by atoms with E-state index in [0.717, 1.165) is 12.1 Å². The molecule has 1 saturated heterocycles. The van der Waals surface area contributed by atoms with Gasteiger partial charge in [0.1, 0.15) is 6.10 Å². The van der Waals surface area contributed by atoms with Gasteiger partial charge in [-0.2, -0.15) is 4.31 Å². The highest BCUT2D eigenvalue weighted by atomic mass is 35.5. The molecule has 1 aliphatic heterocycles. The van der Waals surface area contributed by atoms with Gasteiger partial charge < -0.3 is 15.4 Å². The van der Waals surface area contributed by atoms with E-state index >= 15 is 0 Å². The molecule has 0 bridgehead atoms. The van der Waals surface area contributed by atoms with Gasteiger partial charge in [-0.1, -0.05) is 26.0 Å². The first-order chi connectivity index (χ1) is 11.9. The minimum Gasteiger partial charge on any atom is -0.366 e.